The van der Waals surface area contributed by atoms with Crippen molar-refractivity contribution >= 4 is 11.8 Å². The highest BCUT2D eigenvalue weighted by Gasteiger charge is 2.07. The van der Waals surface area contributed by atoms with E-state index >= 15 is 0 Å². The number of likely N-dealkylation sites (N-methyl/N-ethyl adjacent to an activating group) is 1. The predicted octanol–water partition coefficient (Wildman–Crippen LogP) is 0.935. The average molecular weight is 264 g/mol. The molecule has 5 heteroatoms. The van der Waals surface area contributed by atoms with Crippen molar-refractivity contribution < 1.29 is 14.3 Å². The molecule has 0 unspecified atom stereocenters. The molecule has 1 aromatic rings. The van der Waals surface area contributed by atoms with Crippen molar-refractivity contribution in [2.45, 2.75) is 20.8 Å². The summed E-state index contributed by atoms with van der Waals surface area (Å²) in [5.41, 5.74) is 2.12. The van der Waals surface area contributed by atoms with Crippen molar-refractivity contribution in [3.63, 3.8) is 0 Å². The minimum absolute atomic E-state index is 0.0250. The molecule has 0 radical (unpaired) electrons. The predicted molar refractivity (Wildman–Crippen MR) is 73.1 cm³/mol. The van der Waals surface area contributed by atoms with Gasteiger partial charge in [0.2, 0.25) is 5.91 Å². The fourth-order valence-electron chi connectivity index (χ4n) is 1.51. The first kappa shape index (κ1) is 15.0. The lowest BCUT2D eigenvalue weighted by Gasteiger charge is -2.10. The van der Waals surface area contributed by atoms with Crippen LogP contribution in [0.5, 0.6) is 5.75 Å². The molecular formula is C14H20N2O3. The Hall–Kier alpha value is -2.04. The summed E-state index contributed by atoms with van der Waals surface area (Å²) in [4.78, 5) is 22.7. The van der Waals surface area contributed by atoms with Crippen LogP contribution in [0.2, 0.25) is 0 Å². The summed E-state index contributed by atoms with van der Waals surface area (Å²) in [5.74, 6) is 0.169. The minimum atomic E-state index is -0.313. The van der Waals surface area contributed by atoms with Gasteiger partial charge in [-0.1, -0.05) is 12.1 Å². The number of hydrogen-bond acceptors (Lipinski definition) is 3. The molecule has 0 saturated carbocycles. The van der Waals surface area contributed by atoms with Crippen LogP contribution in [-0.2, 0) is 9.59 Å². The maximum atomic E-state index is 11.5. The lowest BCUT2D eigenvalue weighted by atomic mass is 10.1. The Morgan fingerprint density at radius 3 is 2.58 bits per heavy atom. The van der Waals surface area contributed by atoms with Crippen LogP contribution in [0.25, 0.3) is 0 Å². The normalized spacial score (nSPS) is 9.84. The molecule has 2 N–H and O–H groups in total. The fourth-order valence-corrected chi connectivity index (χ4v) is 1.51. The molecule has 104 valence electrons. The van der Waals surface area contributed by atoms with Crippen molar-refractivity contribution in [2.24, 2.45) is 0 Å². The zero-order valence-corrected chi connectivity index (χ0v) is 11.6. The van der Waals surface area contributed by atoms with Gasteiger partial charge in [-0.05, 0) is 38.0 Å². The third kappa shape index (κ3) is 4.99. The van der Waals surface area contributed by atoms with Gasteiger partial charge in [-0.2, -0.15) is 0 Å². The fraction of sp³-hybridized carbons (Fsp3) is 0.429. The van der Waals surface area contributed by atoms with E-state index in [0.717, 1.165) is 11.1 Å². The van der Waals surface area contributed by atoms with Gasteiger partial charge in [0, 0.05) is 6.54 Å². The average Bonchev–Trinajstić information content (AvgIpc) is 2.38. The van der Waals surface area contributed by atoms with E-state index in [1.54, 1.807) is 0 Å². The van der Waals surface area contributed by atoms with Gasteiger partial charge in [-0.3, -0.25) is 9.59 Å². The van der Waals surface area contributed by atoms with E-state index in [-0.39, 0.29) is 25.0 Å². The molecule has 1 rings (SSSR count). The summed E-state index contributed by atoms with van der Waals surface area (Å²) >= 11 is 0. The van der Waals surface area contributed by atoms with E-state index in [4.69, 9.17) is 4.74 Å². The molecule has 5 nitrogen and oxygen atoms in total. The van der Waals surface area contributed by atoms with E-state index in [2.05, 4.69) is 10.6 Å². The number of nitrogens with one attached hydrogen (secondary N) is 2. The second-order valence-corrected chi connectivity index (χ2v) is 4.22. The number of carbonyl (C=O) groups is 2. The molecule has 1 aromatic carbocycles. The number of hydrogen-bond donors (Lipinski definition) is 2. The monoisotopic (exact) mass is 264 g/mol. The van der Waals surface area contributed by atoms with Crippen LogP contribution in [0.15, 0.2) is 18.2 Å². The number of amides is 2. The van der Waals surface area contributed by atoms with Crippen molar-refractivity contribution in [1.82, 2.24) is 10.6 Å². The molecule has 0 aromatic heterocycles. The van der Waals surface area contributed by atoms with Gasteiger partial charge < -0.3 is 15.4 Å². The van der Waals surface area contributed by atoms with Gasteiger partial charge in [0.15, 0.2) is 6.61 Å². The van der Waals surface area contributed by atoms with Crippen LogP contribution >= 0.6 is 0 Å². The molecule has 0 aliphatic heterocycles. The van der Waals surface area contributed by atoms with Crippen LogP contribution in [0.1, 0.15) is 18.1 Å². The lowest BCUT2D eigenvalue weighted by Crippen LogP contribution is -2.38. The van der Waals surface area contributed by atoms with Gasteiger partial charge >= 0.3 is 0 Å². The number of rotatable bonds is 6. The van der Waals surface area contributed by atoms with E-state index in [1.165, 1.54) is 0 Å². The molecule has 0 aliphatic carbocycles. The number of benzene rings is 1. The van der Waals surface area contributed by atoms with E-state index in [0.29, 0.717) is 12.3 Å². The van der Waals surface area contributed by atoms with E-state index in [9.17, 15) is 9.59 Å². The first-order valence-corrected chi connectivity index (χ1v) is 6.27. The summed E-state index contributed by atoms with van der Waals surface area (Å²) < 4.78 is 5.43. The van der Waals surface area contributed by atoms with Crippen LogP contribution in [0.3, 0.4) is 0 Å². The van der Waals surface area contributed by atoms with E-state index in [1.807, 2.05) is 39.0 Å². The number of aryl methyl sites for hydroxylation is 1. The Balaban J connectivity index is 2.38. The van der Waals surface area contributed by atoms with Gasteiger partial charge in [-0.25, -0.2) is 0 Å². The molecule has 0 fully saturated rings. The minimum Gasteiger partial charge on any atom is -0.483 e. The molecule has 0 atom stereocenters. The van der Waals surface area contributed by atoms with Gasteiger partial charge in [0.05, 0.1) is 6.54 Å². The number of carbonyl (C=O) groups excluding carboxylic acids is 2. The van der Waals surface area contributed by atoms with Crippen LogP contribution in [0.4, 0.5) is 0 Å². The molecule has 0 saturated heterocycles. The standard InChI is InChI=1S/C14H20N2O3/c1-4-15-13(17)8-16-14(18)9-19-12-7-5-6-10(2)11(12)3/h5-7H,4,8-9H2,1-3H3,(H,15,17)(H,16,18). The van der Waals surface area contributed by atoms with Crippen LogP contribution in [0, 0.1) is 13.8 Å². The molecule has 19 heavy (non-hydrogen) atoms. The Labute approximate surface area is 113 Å². The molecule has 0 heterocycles. The lowest BCUT2D eigenvalue weighted by molar-refractivity contribution is -0.127. The van der Waals surface area contributed by atoms with Crippen molar-refractivity contribution in [3.8, 4) is 5.75 Å². The largest absolute Gasteiger partial charge is 0.483 e. The van der Waals surface area contributed by atoms with Crippen molar-refractivity contribution in [1.29, 1.82) is 0 Å². The van der Waals surface area contributed by atoms with Gasteiger partial charge in [0.1, 0.15) is 5.75 Å². The Morgan fingerprint density at radius 1 is 1.16 bits per heavy atom. The Bertz CT molecular complexity index is 458. The summed E-state index contributed by atoms with van der Waals surface area (Å²) in [6, 6.07) is 5.68. The van der Waals surface area contributed by atoms with Gasteiger partial charge in [0.25, 0.3) is 5.91 Å². The maximum Gasteiger partial charge on any atom is 0.258 e. The zero-order chi connectivity index (χ0) is 14.3. The third-order valence-electron chi connectivity index (χ3n) is 2.73. The second-order valence-electron chi connectivity index (χ2n) is 4.22. The summed E-state index contributed by atoms with van der Waals surface area (Å²) in [7, 11) is 0. The maximum absolute atomic E-state index is 11.5. The van der Waals surface area contributed by atoms with Gasteiger partial charge in [-0.15, -0.1) is 0 Å². The Kier molecular flexibility index (Phi) is 5.85. The first-order valence-electron chi connectivity index (χ1n) is 6.27. The molecular weight excluding hydrogens is 244 g/mol. The molecule has 0 bridgehead atoms. The highest BCUT2D eigenvalue weighted by molar-refractivity contribution is 5.85. The highest BCUT2D eigenvalue weighted by atomic mass is 16.5. The zero-order valence-electron chi connectivity index (χ0n) is 11.6. The molecule has 2 amide bonds. The quantitative estimate of drug-likeness (QED) is 0.803. The summed E-state index contributed by atoms with van der Waals surface area (Å²) in [6.45, 7) is 6.18. The molecule has 0 spiro atoms. The smallest absolute Gasteiger partial charge is 0.258 e. The number of ether oxygens (including phenoxy) is 1. The third-order valence-corrected chi connectivity index (χ3v) is 2.73. The topological polar surface area (TPSA) is 67.4 Å². The summed E-state index contributed by atoms with van der Waals surface area (Å²) in [6.07, 6.45) is 0. The second kappa shape index (κ2) is 7.41. The molecule has 0 aliphatic rings. The highest BCUT2D eigenvalue weighted by Crippen LogP contribution is 2.20. The summed E-state index contributed by atoms with van der Waals surface area (Å²) in [5, 5.41) is 5.09. The Morgan fingerprint density at radius 2 is 1.89 bits per heavy atom. The van der Waals surface area contributed by atoms with Crippen LogP contribution in [-0.4, -0.2) is 31.5 Å². The first-order chi connectivity index (χ1) is 9.04. The van der Waals surface area contributed by atoms with Crippen molar-refractivity contribution in [2.75, 3.05) is 19.7 Å². The van der Waals surface area contributed by atoms with Crippen LogP contribution < -0.4 is 15.4 Å². The van der Waals surface area contributed by atoms with Crippen molar-refractivity contribution in [3.05, 3.63) is 29.3 Å². The van der Waals surface area contributed by atoms with E-state index < -0.39 is 0 Å². The SMILES string of the molecule is CCNC(=O)CNC(=O)COc1cccc(C)c1C.